The van der Waals surface area contributed by atoms with Crippen LogP contribution in [0.1, 0.15) is 24.1 Å². The lowest BCUT2D eigenvalue weighted by atomic mass is 10.0. The molecule has 2 rings (SSSR count). The van der Waals surface area contributed by atoms with E-state index in [-0.39, 0.29) is 0 Å². The molecule has 4 heteroatoms. The first-order valence-electron chi connectivity index (χ1n) is 5.63. The minimum absolute atomic E-state index is 0.887. The highest BCUT2D eigenvalue weighted by molar-refractivity contribution is 7.99. The second-order valence-corrected chi connectivity index (χ2v) is 5.43. The Labute approximate surface area is 95.4 Å². The summed E-state index contributed by atoms with van der Waals surface area (Å²) >= 11 is 2.09. The van der Waals surface area contributed by atoms with Gasteiger partial charge in [-0.25, -0.2) is 0 Å². The highest BCUT2D eigenvalue weighted by Crippen LogP contribution is 2.21. The number of nitrogens with zero attached hydrogens (tertiary/aromatic N) is 1. The molecular weight excluding hydrogens is 206 g/mol. The van der Waals surface area contributed by atoms with Gasteiger partial charge in [0.25, 0.3) is 0 Å². The fourth-order valence-corrected chi connectivity index (χ4v) is 3.12. The SMILES string of the molecule is Cc1[nH]ncc1CNCC1CCSCC1. The molecule has 0 spiro atoms. The van der Waals surface area contributed by atoms with Crippen molar-refractivity contribution in [2.24, 2.45) is 5.92 Å². The molecule has 84 valence electrons. The Morgan fingerprint density at radius 1 is 1.53 bits per heavy atom. The Hall–Kier alpha value is -0.480. The van der Waals surface area contributed by atoms with Gasteiger partial charge in [0.1, 0.15) is 0 Å². The number of thioether (sulfide) groups is 1. The van der Waals surface area contributed by atoms with Crippen LogP contribution in [0, 0.1) is 12.8 Å². The number of aromatic amines is 1. The molecule has 1 aromatic heterocycles. The molecule has 0 amide bonds. The van der Waals surface area contributed by atoms with Crippen molar-refractivity contribution < 1.29 is 0 Å². The van der Waals surface area contributed by atoms with E-state index in [1.54, 1.807) is 0 Å². The number of aromatic nitrogens is 2. The molecule has 3 nitrogen and oxygen atoms in total. The Morgan fingerprint density at radius 2 is 2.33 bits per heavy atom. The van der Waals surface area contributed by atoms with Gasteiger partial charge in [-0.15, -0.1) is 0 Å². The van der Waals surface area contributed by atoms with E-state index >= 15 is 0 Å². The predicted molar refractivity (Wildman–Crippen MR) is 65.1 cm³/mol. The molecule has 1 saturated heterocycles. The van der Waals surface area contributed by atoms with E-state index in [0.29, 0.717) is 0 Å². The van der Waals surface area contributed by atoms with Gasteiger partial charge in [-0.2, -0.15) is 16.9 Å². The molecule has 0 aromatic carbocycles. The van der Waals surface area contributed by atoms with Crippen LogP contribution in [0.25, 0.3) is 0 Å². The van der Waals surface area contributed by atoms with Crippen molar-refractivity contribution in [1.82, 2.24) is 15.5 Å². The lowest BCUT2D eigenvalue weighted by molar-refractivity contribution is 0.447. The van der Waals surface area contributed by atoms with E-state index in [9.17, 15) is 0 Å². The summed E-state index contributed by atoms with van der Waals surface area (Å²) < 4.78 is 0. The third-order valence-corrected chi connectivity index (χ3v) is 4.07. The van der Waals surface area contributed by atoms with Gasteiger partial charge >= 0.3 is 0 Å². The Bertz CT molecular complexity index is 292. The highest BCUT2D eigenvalue weighted by atomic mass is 32.2. The number of rotatable bonds is 4. The lowest BCUT2D eigenvalue weighted by Crippen LogP contribution is -2.25. The molecule has 2 heterocycles. The molecule has 0 saturated carbocycles. The standard InChI is InChI=1S/C11H19N3S/c1-9-11(8-13-14-9)7-12-6-10-2-4-15-5-3-10/h8,10,12H,2-7H2,1H3,(H,13,14). The zero-order valence-electron chi connectivity index (χ0n) is 9.25. The maximum Gasteiger partial charge on any atom is 0.0535 e. The van der Waals surface area contributed by atoms with Crippen LogP contribution in [-0.2, 0) is 6.54 Å². The molecule has 0 aliphatic carbocycles. The van der Waals surface area contributed by atoms with Gasteiger partial charge < -0.3 is 5.32 Å². The quantitative estimate of drug-likeness (QED) is 0.823. The first-order valence-corrected chi connectivity index (χ1v) is 6.79. The molecule has 0 radical (unpaired) electrons. The summed E-state index contributed by atoms with van der Waals surface area (Å²) in [6.07, 6.45) is 4.67. The maximum atomic E-state index is 4.02. The highest BCUT2D eigenvalue weighted by Gasteiger charge is 2.12. The second-order valence-electron chi connectivity index (χ2n) is 4.21. The van der Waals surface area contributed by atoms with E-state index in [2.05, 4.69) is 34.2 Å². The number of H-pyrrole nitrogens is 1. The maximum absolute atomic E-state index is 4.02. The van der Waals surface area contributed by atoms with Gasteiger partial charge in [0.2, 0.25) is 0 Å². The van der Waals surface area contributed by atoms with Crippen LogP contribution in [0.3, 0.4) is 0 Å². The smallest absolute Gasteiger partial charge is 0.0535 e. The van der Waals surface area contributed by atoms with Crippen LogP contribution in [0.4, 0.5) is 0 Å². The van der Waals surface area contributed by atoms with Crippen molar-refractivity contribution in [2.45, 2.75) is 26.3 Å². The minimum Gasteiger partial charge on any atom is -0.312 e. The summed E-state index contributed by atoms with van der Waals surface area (Å²) in [6.45, 7) is 4.18. The molecule has 1 aliphatic rings. The third kappa shape index (κ3) is 3.24. The zero-order chi connectivity index (χ0) is 10.5. The average Bonchev–Trinajstić information content (AvgIpc) is 2.66. The molecule has 0 unspecified atom stereocenters. The van der Waals surface area contributed by atoms with Crippen molar-refractivity contribution in [3.05, 3.63) is 17.5 Å². The monoisotopic (exact) mass is 225 g/mol. The molecule has 0 atom stereocenters. The van der Waals surface area contributed by atoms with E-state index in [0.717, 1.165) is 19.0 Å². The summed E-state index contributed by atoms with van der Waals surface area (Å²) in [5, 5.41) is 10.5. The first kappa shape index (κ1) is 11.0. The molecule has 0 bridgehead atoms. The van der Waals surface area contributed by atoms with Crippen molar-refractivity contribution in [3.63, 3.8) is 0 Å². The van der Waals surface area contributed by atoms with Crippen molar-refractivity contribution in [1.29, 1.82) is 0 Å². The van der Waals surface area contributed by atoms with Crippen molar-refractivity contribution in [3.8, 4) is 0 Å². The van der Waals surface area contributed by atoms with E-state index in [1.807, 2.05) is 6.20 Å². The van der Waals surface area contributed by atoms with Crippen LogP contribution >= 0.6 is 11.8 Å². The van der Waals surface area contributed by atoms with Crippen molar-refractivity contribution in [2.75, 3.05) is 18.1 Å². The normalized spacial score (nSPS) is 18.2. The van der Waals surface area contributed by atoms with Gasteiger partial charge in [-0.3, -0.25) is 5.10 Å². The van der Waals surface area contributed by atoms with Crippen LogP contribution < -0.4 is 5.32 Å². The molecule has 1 aliphatic heterocycles. The number of nitrogens with one attached hydrogen (secondary N) is 2. The Kier molecular flexibility index (Phi) is 4.09. The largest absolute Gasteiger partial charge is 0.312 e. The van der Waals surface area contributed by atoms with Crippen LogP contribution in [0.2, 0.25) is 0 Å². The summed E-state index contributed by atoms with van der Waals surface area (Å²) in [7, 11) is 0. The van der Waals surface area contributed by atoms with Gasteiger partial charge in [0.15, 0.2) is 0 Å². The summed E-state index contributed by atoms with van der Waals surface area (Å²) in [6, 6.07) is 0. The van der Waals surface area contributed by atoms with Gasteiger partial charge in [0.05, 0.1) is 6.20 Å². The van der Waals surface area contributed by atoms with Gasteiger partial charge in [0, 0.05) is 17.8 Å². The van der Waals surface area contributed by atoms with Crippen LogP contribution in [0.15, 0.2) is 6.20 Å². The fraction of sp³-hybridized carbons (Fsp3) is 0.727. The minimum atomic E-state index is 0.887. The lowest BCUT2D eigenvalue weighted by Gasteiger charge is -2.21. The van der Waals surface area contributed by atoms with E-state index in [4.69, 9.17) is 0 Å². The molecule has 1 aromatic rings. The topological polar surface area (TPSA) is 40.7 Å². The Balaban J connectivity index is 1.68. The molecule has 1 fully saturated rings. The van der Waals surface area contributed by atoms with E-state index < -0.39 is 0 Å². The fourth-order valence-electron chi connectivity index (χ4n) is 1.92. The number of aryl methyl sites for hydroxylation is 1. The Morgan fingerprint density at radius 3 is 3.00 bits per heavy atom. The number of hydrogen-bond acceptors (Lipinski definition) is 3. The van der Waals surface area contributed by atoms with Crippen LogP contribution in [0.5, 0.6) is 0 Å². The average molecular weight is 225 g/mol. The molecule has 15 heavy (non-hydrogen) atoms. The molecule has 2 N–H and O–H groups in total. The number of hydrogen-bond donors (Lipinski definition) is 2. The zero-order valence-corrected chi connectivity index (χ0v) is 10.1. The second kappa shape index (κ2) is 5.56. The van der Waals surface area contributed by atoms with Gasteiger partial charge in [-0.05, 0) is 43.7 Å². The third-order valence-electron chi connectivity index (χ3n) is 3.02. The summed E-state index contributed by atoms with van der Waals surface area (Å²) in [5.74, 6) is 3.58. The van der Waals surface area contributed by atoms with Gasteiger partial charge in [-0.1, -0.05) is 0 Å². The summed E-state index contributed by atoms with van der Waals surface area (Å²) in [4.78, 5) is 0. The van der Waals surface area contributed by atoms with Crippen LogP contribution in [-0.4, -0.2) is 28.2 Å². The van der Waals surface area contributed by atoms with Crippen molar-refractivity contribution >= 4 is 11.8 Å². The predicted octanol–water partition coefficient (Wildman–Crippen LogP) is 1.95. The molecular formula is C11H19N3S. The first-order chi connectivity index (χ1) is 7.36. The summed E-state index contributed by atoms with van der Waals surface area (Å²) in [5.41, 5.74) is 2.47. The van der Waals surface area contributed by atoms with E-state index in [1.165, 1.54) is 35.6 Å².